The Bertz CT molecular complexity index is 512. The van der Waals surface area contributed by atoms with E-state index in [0.29, 0.717) is 5.69 Å². The summed E-state index contributed by atoms with van der Waals surface area (Å²) in [4.78, 5) is 19.6. The number of hydrogen-bond acceptors (Lipinski definition) is 4. The monoisotopic (exact) mass is 228 g/mol. The van der Waals surface area contributed by atoms with Gasteiger partial charge in [-0.15, -0.1) is 0 Å². The Morgan fingerprint density at radius 1 is 1.24 bits per heavy atom. The van der Waals surface area contributed by atoms with Crippen LogP contribution < -0.4 is 0 Å². The maximum absolute atomic E-state index is 11.6. The van der Waals surface area contributed by atoms with Crippen LogP contribution in [0.25, 0.3) is 0 Å². The lowest BCUT2D eigenvalue weighted by molar-refractivity contribution is 0.0465. The zero-order chi connectivity index (χ0) is 12.1. The van der Waals surface area contributed by atoms with Gasteiger partial charge in [0.25, 0.3) is 0 Å². The van der Waals surface area contributed by atoms with Crippen molar-refractivity contribution in [1.29, 1.82) is 0 Å². The van der Waals surface area contributed by atoms with Crippen molar-refractivity contribution in [2.24, 2.45) is 0 Å². The second kappa shape index (κ2) is 5.21. The van der Waals surface area contributed by atoms with E-state index < -0.39 is 5.97 Å². The average Bonchev–Trinajstić information content (AvgIpc) is 2.37. The molecule has 2 aromatic rings. The second-order valence-electron chi connectivity index (χ2n) is 3.61. The molecule has 0 atom stereocenters. The van der Waals surface area contributed by atoms with Crippen LogP contribution >= 0.6 is 0 Å². The van der Waals surface area contributed by atoms with Crippen molar-refractivity contribution < 1.29 is 9.53 Å². The minimum atomic E-state index is -0.454. The molecule has 0 fully saturated rings. The van der Waals surface area contributed by atoms with Gasteiger partial charge in [0.1, 0.15) is 6.61 Å². The van der Waals surface area contributed by atoms with Crippen LogP contribution in [0.3, 0.4) is 0 Å². The van der Waals surface area contributed by atoms with Crippen molar-refractivity contribution >= 4 is 5.97 Å². The van der Waals surface area contributed by atoms with Crippen LogP contribution in [0.1, 0.15) is 21.7 Å². The van der Waals surface area contributed by atoms with E-state index in [1.54, 1.807) is 13.1 Å². The number of aryl methyl sites for hydroxylation is 1. The number of aromatic nitrogens is 2. The number of rotatable bonds is 3. The first kappa shape index (κ1) is 11.3. The number of benzene rings is 1. The molecule has 2 rings (SSSR count). The van der Waals surface area contributed by atoms with Crippen molar-refractivity contribution in [3.8, 4) is 0 Å². The molecule has 0 aliphatic carbocycles. The average molecular weight is 228 g/mol. The van der Waals surface area contributed by atoms with Crippen molar-refractivity contribution in [3.63, 3.8) is 0 Å². The van der Waals surface area contributed by atoms with Crippen LogP contribution in [0.4, 0.5) is 0 Å². The summed E-state index contributed by atoms with van der Waals surface area (Å²) in [5, 5.41) is 0. The molecule has 0 amide bonds. The van der Waals surface area contributed by atoms with Crippen molar-refractivity contribution in [2.75, 3.05) is 0 Å². The molecule has 0 saturated carbocycles. The first-order chi connectivity index (χ1) is 8.25. The molecule has 4 nitrogen and oxygen atoms in total. The Hall–Kier alpha value is -2.23. The van der Waals surface area contributed by atoms with Crippen molar-refractivity contribution in [1.82, 2.24) is 9.97 Å². The first-order valence-electron chi connectivity index (χ1n) is 5.25. The van der Waals surface area contributed by atoms with Gasteiger partial charge in [-0.25, -0.2) is 9.78 Å². The predicted molar refractivity (Wildman–Crippen MR) is 62.3 cm³/mol. The summed E-state index contributed by atoms with van der Waals surface area (Å²) in [6.45, 7) is 2.02. The highest BCUT2D eigenvalue weighted by molar-refractivity contribution is 5.86. The highest BCUT2D eigenvalue weighted by Gasteiger charge is 2.09. The minimum Gasteiger partial charge on any atom is -0.456 e. The zero-order valence-electron chi connectivity index (χ0n) is 9.46. The Morgan fingerprint density at radius 3 is 2.71 bits per heavy atom. The molecule has 0 spiro atoms. The number of carbonyl (C=O) groups excluding carboxylic acids is 1. The molecule has 0 N–H and O–H groups in total. The molecule has 0 radical (unpaired) electrons. The van der Waals surface area contributed by atoms with E-state index in [1.165, 1.54) is 6.20 Å². The van der Waals surface area contributed by atoms with Gasteiger partial charge in [-0.2, -0.15) is 0 Å². The van der Waals surface area contributed by atoms with E-state index in [0.717, 1.165) is 5.56 Å². The number of esters is 1. The van der Waals surface area contributed by atoms with Gasteiger partial charge in [-0.05, 0) is 12.5 Å². The fraction of sp³-hybridized carbons (Fsp3) is 0.154. The number of carbonyl (C=O) groups is 1. The molecule has 17 heavy (non-hydrogen) atoms. The third-order valence-corrected chi connectivity index (χ3v) is 2.18. The van der Waals surface area contributed by atoms with Crippen LogP contribution in [0.15, 0.2) is 42.7 Å². The quantitative estimate of drug-likeness (QED) is 0.755. The molecule has 4 heteroatoms. The van der Waals surface area contributed by atoms with Crippen LogP contribution in [0.2, 0.25) is 0 Å². The van der Waals surface area contributed by atoms with E-state index >= 15 is 0 Å². The fourth-order valence-corrected chi connectivity index (χ4v) is 1.36. The van der Waals surface area contributed by atoms with Gasteiger partial charge in [0.2, 0.25) is 0 Å². The van der Waals surface area contributed by atoms with E-state index in [4.69, 9.17) is 4.74 Å². The molecule has 1 aromatic heterocycles. The summed E-state index contributed by atoms with van der Waals surface area (Å²) in [6, 6.07) is 9.51. The van der Waals surface area contributed by atoms with Crippen LogP contribution in [-0.2, 0) is 11.3 Å². The fourth-order valence-electron chi connectivity index (χ4n) is 1.36. The molecule has 0 unspecified atom stereocenters. The summed E-state index contributed by atoms with van der Waals surface area (Å²) >= 11 is 0. The molecule has 0 aliphatic heterocycles. The van der Waals surface area contributed by atoms with Crippen LogP contribution in [0.5, 0.6) is 0 Å². The molecule has 0 bridgehead atoms. The molecule has 0 aliphatic rings. The van der Waals surface area contributed by atoms with E-state index in [-0.39, 0.29) is 12.3 Å². The van der Waals surface area contributed by atoms with Gasteiger partial charge < -0.3 is 4.74 Å². The molecular formula is C13H12N2O2. The molecule has 1 heterocycles. The van der Waals surface area contributed by atoms with Gasteiger partial charge in [0, 0.05) is 6.20 Å². The lowest BCUT2D eigenvalue weighted by atomic mass is 10.2. The maximum Gasteiger partial charge on any atom is 0.358 e. The lowest BCUT2D eigenvalue weighted by Crippen LogP contribution is -2.08. The summed E-state index contributed by atoms with van der Waals surface area (Å²) in [5.74, 6) is -0.454. The van der Waals surface area contributed by atoms with Crippen LogP contribution in [-0.4, -0.2) is 15.9 Å². The smallest absolute Gasteiger partial charge is 0.358 e. The second-order valence-corrected chi connectivity index (χ2v) is 3.61. The SMILES string of the molecule is Cc1cncc(C(=O)OCc2ccccc2)n1. The maximum atomic E-state index is 11.6. The highest BCUT2D eigenvalue weighted by atomic mass is 16.5. The number of hydrogen-bond donors (Lipinski definition) is 0. The van der Waals surface area contributed by atoms with Gasteiger partial charge >= 0.3 is 5.97 Å². The van der Waals surface area contributed by atoms with E-state index in [2.05, 4.69) is 9.97 Å². The Kier molecular flexibility index (Phi) is 3.45. The number of ether oxygens (including phenoxy) is 1. The topological polar surface area (TPSA) is 52.1 Å². The third-order valence-electron chi connectivity index (χ3n) is 2.18. The first-order valence-corrected chi connectivity index (χ1v) is 5.25. The zero-order valence-corrected chi connectivity index (χ0v) is 9.46. The van der Waals surface area contributed by atoms with Gasteiger partial charge in [-0.3, -0.25) is 4.98 Å². The Labute approximate surface area is 99.3 Å². The largest absolute Gasteiger partial charge is 0.456 e. The Balaban J connectivity index is 1.98. The normalized spacial score (nSPS) is 9.94. The van der Waals surface area contributed by atoms with E-state index in [9.17, 15) is 4.79 Å². The molecule has 86 valence electrons. The predicted octanol–water partition coefficient (Wildman–Crippen LogP) is 2.14. The van der Waals surface area contributed by atoms with Gasteiger partial charge in [0.15, 0.2) is 5.69 Å². The van der Waals surface area contributed by atoms with E-state index in [1.807, 2.05) is 30.3 Å². The highest BCUT2D eigenvalue weighted by Crippen LogP contribution is 2.04. The Morgan fingerprint density at radius 2 is 2.00 bits per heavy atom. The van der Waals surface area contributed by atoms with Gasteiger partial charge in [0.05, 0.1) is 11.9 Å². The summed E-state index contributed by atoms with van der Waals surface area (Å²) in [6.07, 6.45) is 2.99. The molecule has 0 saturated heterocycles. The number of nitrogens with zero attached hydrogens (tertiary/aromatic N) is 2. The summed E-state index contributed by atoms with van der Waals surface area (Å²) < 4.78 is 5.13. The third kappa shape index (κ3) is 3.11. The minimum absolute atomic E-state index is 0.237. The van der Waals surface area contributed by atoms with Crippen LogP contribution in [0, 0.1) is 6.92 Å². The standard InChI is InChI=1S/C13H12N2O2/c1-10-7-14-8-12(15-10)13(16)17-9-11-5-3-2-4-6-11/h2-8H,9H2,1H3. The van der Waals surface area contributed by atoms with Crippen molar-refractivity contribution in [3.05, 3.63) is 59.7 Å². The summed E-state index contributed by atoms with van der Waals surface area (Å²) in [7, 11) is 0. The molecule has 1 aromatic carbocycles. The lowest BCUT2D eigenvalue weighted by Gasteiger charge is -2.04. The van der Waals surface area contributed by atoms with Crippen molar-refractivity contribution in [2.45, 2.75) is 13.5 Å². The molecular weight excluding hydrogens is 216 g/mol. The summed E-state index contributed by atoms with van der Waals surface area (Å²) in [5.41, 5.74) is 1.88. The van der Waals surface area contributed by atoms with Gasteiger partial charge in [-0.1, -0.05) is 30.3 Å².